The molecule has 0 fully saturated rings. The molecule has 0 aliphatic rings. The van der Waals surface area contributed by atoms with Crippen LogP contribution in [0.1, 0.15) is 10.4 Å². The molecule has 0 aliphatic carbocycles. The third-order valence-corrected chi connectivity index (χ3v) is 2.70. The third kappa shape index (κ3) is 2.66. The Balaban J connectivity index is 2.36. The van der Waals surface area contributed by atoms with E-state index in [1.165, 1.54) is 21.3 Å². The van der Waals surface area contributed by atoms with Gasteiger partial charge in [-0.1, -0.05) is 0 Å². The van der Waals surface area contributed by atoms with Gasteiger partial charge in [0.25, 0.3) is 5.91 Å². The van der Waals surface area contributed by atoms with Crippen LogP contribution in [0, 0.1) is 0 Å². The number of nitrogens with zero attached hydrogens (tertiary/aromatic N) is 1. The Morgan fingerprint density at radius 3 is 2.30 bits per heavy atom. The third-order valence-electron chi connectivity index (χ3n) is 2.70. The van der Waals surface area contributed by atoms with E-state index in [9.17, 15) is 4.79 Å². The van der Waals surface area contributed by atoms with Crippen LogP contribution in [0.2, 0.25) is 0 Å². The lowest BCUT2D eigenvalue weighted by molar-refractivity contribution is 0.102. The van der Waals surface area contributed by atoms with Gasteiger partial charge in [0.05, 0.1) is 33.1 Å². The monoisotopic (exact) mass is 277 g/mol. The summed E-state index contributed by atoms with van der Waals surface area (Å²) in [6.07, 6.45) is 1.54. The van der Waals surface area contributed by atoms with Crippen LogP contribution in [0.5, 0.6) is 17.2 Å². The molecule has 106 valence electrons. The van der Waals surface area contributed by atoms with Crippen LogP contribution in [0.15, 0.2) is 24.4 Å². The minimum absolute atomic E-state index is 0.333. The smallest absolute Gasteiger partial charge is 0.260 e. The van der Waals surface area contributed by atoms with E-state index in [4.69, 9.17) is 14.2 Å². The first-order valence-corrected chi connectivity index (χ1v) is 5.80. The number of carbonyl (C=O) groups is 1. The molecule has 1 aromatic heterocycles. The highest BCUT2D eigenvalue weighted by Crippen LogP contribution is 2.34. The second-order valence-corrected chi connectivity index (χ2v) is 3.83. The Morgan fingerprint density at radius 2 is 1.75 bits per heavy atom. The highest BCUT2D eigenvalue weighted by atomic mass is 16.5. The van der Waals surface area contributed by atoms with Gasteiger partial charge in [-0.05, 0) is 0 Å². The highest BCUT2D eigenvalue weighted by Gasteiger charge is 2.18. The number of anilines is 1. The molecule has 20 heavy (non-hydrogen) atoms. The zero-order chi connectivity index (χ0) is 14.5. The van der Waals surface area contributed by atoms with Crippen molar-refractivity contribution in [1.82, 2.24) is 10.2 Å². The molecule has 1 heterocycles. The standard InChI is InChI=1S/C13H15N3O4/c1-18-9-7-11(20-3)10(19-2)6-8(9)13(17)15-12-4-5-14-16-12/h4-7H,1-3H3,(H2,14,15,16,17). The maximum Gasteiger partial charge on any atom is 0.260 e. The number of methoxy groups -OCH3 is 3. The summed E-state index contributed by atoms with van der Waals surface area (Å²) in [5.74, 6) is 1.48. The van der Waals surface area contributed by atoms with Gasteiger partial charge in [0.15, 0.2) is 11.5 Å². The zero-order valence-corrected chi connectivity index (χ0v) is 11.4. The second-order valence-electron chi connectivity index (χ2n) is 3.83. The van der Waals surface area contributed by atoms with E-state index in [1.54, 1.807) is 24.4 Å². The van der Waals surface area contributed by atoms with Crippen molar-refractivity contribution < 1.29 is 19.0 Å². The van der Waals surface area contributed by atoms with Gasteiger partial charge >= 0.3 is 0 Å². The van der Waals surface area contributed by atoms with E-state index in [0.717, 1.165) is 0 Å². The molecular formula is C13H15N3O4. The number of ether oxygens (including phenoxy) is 3. The van der Waals surface area contributed by atoms with E-state index >= 15 is 0 Å². The summed E-state index contributed by atoms with van der Waals surface area (Å²) in [6.45, 7) is 0. The Morgan fingerprint density at radius 1 is 1.10 bits per heavy atom. The van der Waals surface area contributed by atoms with Crippen molar-refractivity contribution in [2.45, 2.75) is 0 Å². The molecule has 0 unspecified atom stereocenters. The molecule has 0 saturated carbocycles. The Hall–Kier alpha value is -2.70. The van der Waals surface area contributed by atoms with E-state index in [1.807, 2.05) is 0 Å². The number of aromatic amines is 1. The Kier molecular flexibility index (Phi) is 4.09. The topological polar surface area (TPSA) is 85.5 Å². The highest BCUT2D eigenvalue weighted by molar-refractivity contribution is 6.06. The maximum atomic E-state index is 12.2. The summed E-state index contributed by atoms with van der Waals surface area (Å²) in [5, 5.41) is 9.07. The normalized spacial score (nSPS) is 9.95. The number of aromatic nitrogens is 2. The van der Waals surface area contributed by atoms with Gasteiger partial charge in [0, 0.05) is 18.2 Å². The van der Waals surface area contributed by atoms with Crippen molar-refractivity contribution in [2.75, 3.05) is 26.6 Å². The molecule has 2 rings (SSSR count). The lowest BCUT2D eigenvalue weighted by Gasteiger charge is -2.13. The predicted molar refractivity (Wildman–Crippen MR) is 72.6 cm³/mol. The summed E-state index contributed by atoms with van der Waals surface area (Å²) in [6, 6.07) is 4.80. The lowest BCUT2D eigenvalue weighted by atomic mass is 10.1. The second kappa shape index (κ2) is 5.96. The van der Waals surface area contributed by atoms with Crippen molar-refractivity contribution in [3.8, 4) is 17.2 Å². The number of rotatable bonds is 5. The van der Waals surface area contributed by atoms with Crippen LogP contribution < -0.4 is 19.5 Å². The van der Waals surface area contributed by atoms with Gasteiger partial charge in [-0.2, -0.15) is 5.10 Å². The van der Waals surface area contributed by atoms with Crippen LogP contribution in [0.3, 0.4) is 0 Å². The molecule has 0 radical (unpaired) electrons. The first kappa shape index (κ1) is 13.7. The number of carbonyl (C=O) groups excluding carboxylic acids is 1. The molecule has 7 nitrogen and oxygen atoms in total. The van der Waals surface area contributed by atoms with Gasteiger partial charge in [-0.15, -0.1) is 0 Å². The van der Waals surface area contributed by atoms with Gasteiger partial charge in [0.2, 0.25) is 0 Å². The van der Waals surface area contributed by atoms with Crippen LogP contribution in [-0.4, -0.2) is 37.4 Å². The fourth-order valence-electron chi connectivity index (χ4n) is 1.72. The number of hydrogen-bond acceptors (Lipinski definition) is 5. The summed E-state index contributed by atoms with van der Waals surface area (Å²) >= 11 is 0. The van der Waals surface area contributed by atoms with Crippen molar-refractivity contribution in [3.05, 3.63) is 30.0 Å². The number of amides is 1. The largest absolute Gasteiger partial charge is 0.496 e. The predicted octanol–water partition coefficient (Wildman–Crippen LogP) is 1.69. The van der Waals surface area contributed by atoms with E-state index in [2.05, 4.69) is 15.5 Å². The summed E-state index contributed by atoms with van der Waals surface area (Å²) in [7, 11) is 4.50. The van der Waals surface area contributed by atoms with E-state index in [-0.39, 0.29) is 5.91 Å². The van der Waals surface area contributed by atoms with Crippen LogP contribution in [0.4, 0.5) is 5.82 Å². The molecule has 7 heteroatoms. The van der Waals surface area contributed by atoms with Crippen molar-refractivity contribution in [3.63, 3.8) is 0 Å². The fourth-order valence-corrected chi connectivity index (χ4v) is 1.72. The van der Waals surface area contributed by atoms with Crippen LogP contribution in [-0.2, 0) is 0 Å². The number of benzene rings is 1. The Labute approximate surface area is 115 Å². The molecule has 0 spiro atoms. The van der Waals surface area contributed by atoms with Gasteiger partial charge in [-0.3, -0.25) is 9.89 Å². The molecule has 0 aliphatic heterocycles. The average Bonchev–Trinajstić information content (AvgIpc) is 2.98. The quantitative estimate of drug-likeness (QED) is 0.868. The first-order valence-electron chi connectivity index (χ1n) is 5.80. The SMILES string of the molecule is COc1cc(OC)c(C(=O)Nc2ccn[nH]2)cc1OC. The molecule has 2 N–H and O–H groups in total. The minimum Gasteiger partial charge on any atom is -0.496 e. The number of H-pyrrole nitrogens is 1. The molecule has 2 aromatic rings. The number of hydrogen-bond donors (Lipinski definition) is 2. The maximum absolute atomic E-state index is 12.2. The summed E-state index contributed by atoms with van der Waals surface area (Å²) in [4.78, 5) is 12.2. The Bertz CT molecular complexity index is 596. The van der Waals surface area contributed by atoms with Gasteiger partial charge in [-0.25, -0.2) is 0 Å². The van der Waals surface area contributed by atoms with Crippen LogP contribution in [0.25, 0.3) is 0 Å². The van der Waals surface area contributed by atoms with Gasteiger partial charge in [0.1, 0.15) is 11.6 Å². The molecular weight excluding hydrogens is 262 g/mol. The summed E-state index contributed by atoms with van der Waals surface area (Å²) in [5.41, 5.74) is 0.333. The fraction of sp³-hybridized carbons (Fsp3) is 0.231. The average molecular weight is 277 g/mol. The molecule has 0 atom stereocenters. The first-order chi connectivity index (χ1) is 9.69. The number of nitrogens with one attached hydrogen (secondary N) is 2. The zero-order valence-electron chi connectivity index (χ0n) is 11.4. The summed E-state index contributed by atoms with van der Waals surface area (Å²) < 4.78 is 15.6. The molecule has 1 aromatic carbocycles. The lowest BCUT2D eigenvalue weighted by Crippen LogP contribution is -2.14. The van der Waals surface area contributed by atoms with Gasteiger partial charge < -0.3 is 19.5 Å². The van der Waals surface area contributed by atoms with E-state index in [0.29, 0.717) is 28.6 Å². The van der Waals surface area contributed by atoms with Crippen molar-refractivity contribution in [1.29, 1.82) is 0 Å². The van der Waals surface area contributed by atoms with Crippen molar-refractivity contribution in [2.24, 2.45) is 0 Å². The molecule has 1 amide bonds. The van der Waals surface area contributed by atoms with Crippen molar-refractivity contribution >= 4 is 11.7 Å². The molecule has 0 saturated heterocycles. The van der Waals surface area contributed by atoms with E-state index < -0.39 is 0 Å². The minimum atomic E-state index is -0.341. The molecule has 0 bridgehead atoms. The van der Waals surface area contributed by atoms with Crippen LogP contribution >= 0.6 is 0 Å².